The number of rotatable bonds is 6. The summed E-state index contributed by atoms with van der Waals surface area (Å²) in [6.45, 7) is 6.20. The molecule has 3 heterocycles. The SMILES string of the molecule is CCOc1nc2[n-]c(S(=O)Cc3nccc(OC)c3C)nc2cc1C.[Na+]. The van der Waals surface area contributed by atoms with Crippen LogP contribution in [0, 0.1) is 13.8 Å². The van der Waals surface area contributed by atoms with Gasteiger partial charge >= 0.3 is 29.6 Å². The maximum Gasteiger partial charge on any atom is 1.00 e. The van der Waals surface area contributed by atoms with Crippen LogP contribution in [0.1, 0.15) is 23.7 Å². The minimum absolute atomic E-state index is 0. The van der Waals surface area contributed by atoms with Crippen molar-refractivity contribution in [3.8, 4) is 11.6 Å². The molecule has 0 aliphatic carbocycles. The summed E-state index contributed by atoms with van der Waals surface area (Å²) in [6, 6.07) is 3.62. The van der Waals surface area contributed by atoms with E-state index in [0.29, 0.717) is 35.1 Å². The molecule has 7 nitrogen and oxygen atoms in total. The first-order valence-corrected chi connectivity index (χ1v) is 9.17. The second-order valence-electron chi connectivity index (χ2n) is 5.47. The number of hydrogen-bond donors (Lipinski definition) is 0. The van der Waals surface area contributed by atoms with Gasteiger partial charge in [-0.2, -0.15) is 0 Å². The van der Waals surface area contributed by atoms with E-state index in [9.17, 15) is 4.21 Å². The van der Waals surface area contributed by atoms with Crippen LogP contribution < -0.4 is 44.0 Å². The topological polar surface area (TPSA) is 88.3 Å². The van der Waals surface area contributed by atoms with E-state index in [-0.39, 0.29) is 40.5 Å². The first kappa shape index (κ1) is 20.8. The zero-order valence-corrected chi connectivity index (χ0v) is 18.4. The zero-order chi connectivity index (χ0) is 18.0. The molecule has 132 valence electrons. The Hall–Kier alpha value is -1.48. The summed E-state index contributed by atoms with van der Waals surface area (Å²) in [7, 11) is 0.172. The van der Waals surface area contributed by atoms with Crippen molar-refractivity contribution in [1.82, 2.24) is 19.9 Å². The quantitative estimate of drug-likeness (QED) is 0.522. The second kappa shape index (κ2) is 8.94. The van der Waals surface area contributed by atoms with Crippen molar-refractivity contribution in [2.24, 2.45) is 0 Å². The van der Waals surface area contributed by atoms with E-state index < -0.39 is 10.8 Å². The maximum absolute atomic E-state index is 12.7. The minimum Gasteiger partial charge on any atom is -0.496 e. The average molecular weight is 382 g/mol. The number of ether oxygens (including phenoxy) is 2. The third-order valence-corrected chi connectivity index (χ3v) is 4.90. The molecule has 0 amide bonds. The molecule has 3 rings (SSSR count). The summed E-state index contributed by atoms with van der Waals surface area (Å²) in [4.78, 5) is 17.3. The number of pyridine rings is 2. The van der Waals surface area contributed by atoms with E-state index in [1.165, 1.54) is 0 Å². The normalized spacial score (nSPS) is 11.8. The van der Waals surface area contributed by atoms with Crippen LogP contribution in [-0.2, 0) is 16.6 Å². The van der Waals surface area contributed by atoms with E-state index in [2.05, 4.69) is 19.9 Å². The van der Waals surface area contributed by atoms with E-state index in [1.807, 2.05) is 26.8 Å². The number of fused-ring (bicyclic) bond motifs is 1. The molecular formula is C17H19N4NaO3S. The van der Waals surface area contributed by atoms with Gasteiger partial charge in [-0.25, -0.2) is 0 Å². The number of imidazole rings is 1. The van der Waals surface area contributed by atoms with Crippen molar-refractivity contribution in [2.75, 3.05) is 13.7 Å². The predicted octanol–water partition coefficient (Wildman–Crippen LogP) is -0.682. The second-order valence-corrected chi connectivity index (χ2v) is 6.81. The van der Waals surface area contributed by atoms with Gasteiger partial charge in [0.1, 0.15) is 11.6 Å². The molecule has 0 radical (unpaired) electrons. The van der Waals surface area contributed by atoms with Gasteiger partial charge in [-0.1, -0.05) is 0 Å². The Balaban J connectivity index is 0.00000243. The van der Waals surface area contributed by atoms with Gasteiger partial charge in [0.2, 0.25) is 0 Å². The monoisotopic (exact) mass is 382 g/mol. The number of aryl methyl sites for hydroxylation is 1. The molecule has 1 atom stereocenters. The molecule has 0 bridgehead atoms. The minimum atomic E-state index is -1.43. The summed E-state index contributed by atoms with van der Waals surface area (Å²) < 4.78 is 23.4. The van der Waals surface area contributed by atoms with E-state index in [0.717, 1.165) is 11.1 Å². The molecule has 0 saturated carbocycles. The Morgan fingerprint density at radius 1 is 1.27 bits per heavy atom. The number of aromatic nitrogens is 4. The van der Waals surface area contributed by atoms with E-state index in [1.54, 1.807) is 19.4 Å². The van der Waals surface area contributed by atoms with Crippen molar-refractivity contribution >= 4 is 22.0 Å². The van der Waals surface area contributed by atoms with Crippen LogP contribution in [-0.4, -0.2) is 32.9 Å². The molecule has 0 saturated heterocycles. The van der Waals surface area contributed by atoms with Gasteiger partial charge < -0.3 is 24.4 Å². The molecule has 26 heavy (non-hydrogen) atoms. The van der Waals surface area contributed by atoms with Gasteiger partial charge in [-0.15, -0.1) is 0 Å². The van der Waals surface area contributed by atoms with Crippen molar-refractivity contribution in [1.29, 1.82) is 0 Å². The fraction of sp³-hybridized carbons (Fsp3) is 0.353. The van der Waals surface area contributed by atoms with Crippen molar-refractivity contribution in [3.05, 3.63) is 35.2 Å². The molecule has 0 fully saturated rings. The Morgan fingerprint density at radius 3 is 2.73 bits per heavy atom. The molecule has 3 aromatic heterocycles. The number of methoxy groups -OCH3 is 1. The molecule has 0 aromatic carbocycles. The number of hydrogen-bond acceptors (Lipinski definition) is 6. The van der Waals surface area contributed by atoms with Gasteiger partial charge in [0.05, 0.1) is 41.1 Å². The Kier molecular flexibility index (Phi) is 7.16. The average Bonchev–Trinajstić information content (AvgIpc) is 3.00. The van der Waals surface area contributed by atoms with Crippen molar-refractivity contribution < 1.29 is 43.2 Å². The molecule has 0 aliphatic rings. The third-order valence-electron chi connectivity index (χ3n) is 3.78. The third kappa shape index (κ3) is 4.25. The molecule has 0 aliphatic heterocycles. The summed E-state index contributed by atoms with van der Waals surface area (Å²) >= 11 is 0. The van der Waals surface area contributed by atoms with Crippen LogP contribution in [0.4, 0.5) is 0 Å². The predicted molar refractivity (Wildman–Crippen MR) is 94.4 cm³/mol. The zero-order valence-electron chi connectivity index (χ0n) is 15.6. The molecular weight excluding hydrogens is 363 g/mol. The van der Waals surface area contributed by atoms with Gasteiger partial charge in [0.15, 0.2) is 0 Å². The molecule has 0 N–H and O–H groups in total. The molecule has 1 unspecified atom stereocenters. The van der Waals surface area contributed by atoms with Crippen molar-refractivity contribution in [2.45, 2.75) is 31.7 Å². The standard InChI is InChI=1S/C17H19N4O3S.Na/c1-5-24-16-10(2)8-12-15(20-16)21-17(19-12)25(22)9-13-11(3)14(23-4)6-7-18-13;/h6-8H,5,9H2,1-4H3;/q-1;+1. The maximum atomic E-state index is 12.7. The van der Waals surface area contributed by atoms with Crippen LogP contribution in [0.25, 0.3) is 11.2 Å². The van der Waals surface area contributed by atoms with Crippen LogP contribution in [0.15, 0.2) is 23.5 Å². The van der Waals surface area contributed by atoms with Crippen LogP contribution >= 0.6 is 0 Å². The smallest absolute Gasteiger partial charge is 0.496 e. The summed E-state index contributed by atoms with van der Waals surface area (Å²) in [5.41, 5.74) is 3.48. The van der Waals surface area contributed by atoms with E-state index >= 15 is 0 Å². The van der Waals surface area contributed by atoms with Crippen molar-refractivity contribution in [3.63, 3.8) is 0 Å². The van der Waals surface area contributed by atoms with Crippen LogP contribution in [0.5, 0.6) is 11.6 Å². The van der Waals surface area contributed by atoms with Gasteiger partial charge in [0.25, 0.3) is 0 Å². The molecule has 9 heteroatoms. The first-order chi connectivity index (χ1) is 12.0. The first-order valence-electron chi connectivity index (χ1n) is 7.85. The van der Waals surface area contributed by atoms with Gasteiger partial charge in [0, 0.05) is 22.9 Å². The van der Waals surface area contributed by atoms with Gasteiger partial charge in [-0.3, -0.25) is 9.19 Å². The summed E-state index contributed by atoms with van der Waals surface area (Å²) in [5, 5.41) is 0.250. The summed E-state index contributed by atoms with van der Waals surface area (Å²) in [6.07, 6.45) is 1.64. The largest absolute Gasteiger partial charge is 1.00 e. The Labute approximate surface area is 176 Å². The summed E-state index contributed by atoms with van der Waals surface area (Å²) in [5.74, 6) is 1.46. The van der Waals surface area contributed by atoms with Gasteiger partial charge in [-0.05, 0) is 38.5 Å². The number of nitrogens with zero attached hydrogens (tertiary/aromatic N) is 4. The Morgan fingerprint density at radius 2 is 2.04 bits per heavy atom. The van der Waals surface area contributed by atoms with Crippen LogP contribution in [0.2, 0.25) is 0 Å². The molecule has 3 aromatic rings. The Bertz CT molecular complexity index is 945. The molecule has 0 spiro atoms. The fourth-order valence-corrected chi connectivity index (χ4v) is 3.51. The fourth-order valence-electron chi connectivity index (χ4n) is 2.46. The van der Waals surface area contributed by atoms with E-state index in [4.69, 9.17) is 9.47 Å². The van der Waals surface area contributed by atoms with Crippen LogP contribution in [0.3, 0.4) is 0 Å².